The molecule has 1 aromatic rings. The van der Waals surface area contributed by atoms with Gasteiger partial charge in [-0.1, -0.05) is 66.0 Å². The van der Waals surface area contributed by atoms with Crippen molar-refractivity contribution in [1.29, 1.82) is 0 Å². The number of amides is 2. The van der Waals surface area contributed by atoms with Crippen molar-refractivity contribution in [1.82, 2.24) is 15.5 Å². The van der Waals surface area contributed by atoms with E-state index in [-0.39, 0.29) is 28.7 Å². The maximum Gasteiger partial charge on any atom is 0.305 e. The Morgan fingerprint density at radius 2 is 1.65 bits per heavy atom. The number of benzene rings is 1. The first-order chi connectivity index (χ1) is 20.0. The molecule has 1 saturated carbocycles. The van der Waals surface area contributed by atoms with E-state index in [0.29, 0.717) is 24.0 Å². The summed E-state index contributed by atoms with van der Waals surface area (Å²) >= 11 is 6.07. The smallest absolute Gasteiger partial charge is 0.305 e. The molecular weight excluding hydrogens is 576 g/mol. The molecule has 1 aromatic carbocycles. The van der Waals surface area contributed by atoms with Crippen molar-refractivity contribution in [3.8, 4) is 0 Å². The van der Waals surface area contributed by atoms with Gasteiger partial charge >= 0.3 is 5.97 Å². The van der Waals surface area contributed by atoms with Crippen molar-refractivity contribution < 1.29 is 34.2 Å². The van der Waals surface area contributed by atoms with Crippen molar-refractivity contribution in [2.45, 2.75) is 111 Å². The molecule has 0 aromatic heterocycles. The van der Waals surface area contributed by atoms with Gasteiger partial charge in [-0.2, -0.15) is 0 Å². The minimum Gasteiger partial charge on any atom is -0.481 e. The van der Waals surface area contributed by atoms with E-state index >= 15 is 0 Å². The first-order valence-corrected chi connectivity index (χ1v) is 15.1. The highest BCUT2D eigenvalue weighted by Crippen LogP contribution is 2.24. The van der Waals surface area contributed by atoms with Gasteiger partial charge in [-0.05, 0) is 57.5 Å². The van der Waals surface area contributed by atoms with E-state index in [0.717, 1.165) is 12.3 Å². The number of aliphatic hydroxyl groups is 1. The average Bonchev–Trinajstić information content (AvgIpc) is 3.48. The summed E-state index contributed by atoms with van der Waals surface area (Å²) in [5.41, 5.74) is 0.402. The van der Waals surface area contributed by atoms with Crippen LogP contribution in [0.2, 0.25) is 5.02 Å². The molecule has 43 heavy (non-hydrogen) atoms. The van der Waals surface area contributed by atoms with Crippen LogP contribution < -0.4 is 16.0 Å². The van der Waals surface area contributed by atoms with Crippen molar-refractivity contribution in [3.63, 3.8) is 0 Å². The Bertz CT molecular complexity index is 991. The van der Waals surface area contributed by atoms with Gasteiger partial charge in [-0.15, -0.1) is 0 Å². The van der Waals surface area contributed by atoms with Crippen LogP contribution in [-0.4, -0.2) is 83.9 Å². The van der Waals surface area contributed by atoms with Crippen molar-refractivity contribution >= 4 is 47.6 Å². The van der Waals surface area contributed by atoms with Gasteiger partial charge in [0.1, 0.15) is 18.8 Å². The number of rotatable bonds is 11. The number of hydrogen-bond acceptors (Lipinski definition) is 8. The number of nitrogens with one attached hydrogen (secondary N) is 3. The van der Waals surface area contributed by atoms with E-state index in [9.17, 15) is 24.0 Å². The van der Waals surface area contributed by atoms with E-state index in [1.165, 1.54) is 38.7 Å². The number of nitrogens with zero attached hydrogens (tertiary/aromatic N) is 1. The molecule has 2 rings (SSSR count). The Hall–Kier alpha value is -2.86. The van der Waals surface area contributed by atoms with Crippen LogP contribution in [0.5, 0.6) is 0 Å². The number of carboxylic acids is 1. The van der Waals surface area contributed by atoms with Crippen LogP contribution in [0.4, 0.5) is 5.69 Å². The number of anilines is 1. The van der Waals surface area contributed by atoms with Gasteiger partial charge < -0.3 is 35.3 Å². The predicted octanol–water partition coefficient (Wildman–Crippen LogP) is 4.51. The lowest BCUT2D eigenvalue weighted by Gasteiger charge is -2.26. The largest absolute Gasteiger partial charge is 0.481 e. The molecular formula is C31H53ClN4O7. The molecule has 11 nitrogen and oxygen atoms in total. The zero-order chi connectivity index (χ0) is 33.8. The topological polar surface area (TPSA) is 165 Å². The molecule has 1 unspecified atom stereocenters. The van der Waals surface area contributed by atoms with Crippen LogP contribution in [0.3, 0.4) is 0 Å². The fourth-order valence-corrected chi connectivity index (χ4v) is 3.97. The normalized spacial score (nSPS) is 14.7. The fourth-order valence-electron chi connectivity index (χ4n) is 3.74. The quantitative estimate of drug-likeness (QED) is 0.175. The molecule has 5 N–H and O–H groups in total. The Kier molecular flexibility index (Phi) is 22.3. The molecule has 0 aliphatic heterocycles. The summed E-state index contributed by atoms with van der Waals surface area (Å²) in [7, 11) is 4.35. The summed E-state index contributed by atoms with van der Waals surface area (Å²) in [5.74, 6) is -1.62. The first-order valence-electron chi connectivity index (χ1n) is 14.7. The lowest BCUT2D eigenvalue weighted by Crippen LogP contribution is -2.44. The van der Waals surface area contributed by atoms with Crippen LogP contribution in [0.1, 0.15) is 97.3 Å². The molecule has 1 aliphatic carbocycles. The number of carbonyl (C=O) groups excluding carboxylic acids is 4. The fraction of sp³-hybridized carbons (Fsp3) is 0.645. The van der Waals surface area contributed by atoms with E-state index < -0.39 is 24.3 Å². The average molecular weight is 629 g/mol. The highest BCUT2D eigenvalue weighted by molar-refractivity contribution is 6.34. The van der Waals surface area contributed by atoms with Crippen LogP contribution >= 0.6 is 11.6 Å². The molecule has 0 saturated heterocycles. The molecule has 1 aliphatic rings. The SMILES string of the molecule is CC.CCC(=O)Nc1ccc(C(=O)NC(C=O)C(C)(C)C)cc1Cl.CN(C)C1CCCC1.C[C@H](O)N[C@H](C=O)CC(=O)O. The van der Waals surface area contributed by atoms with Crippen LogP contribution in [0.15, 0.2) is 18.2 Å². The van der Waals surface area contributed by atoms with Gasteiger partial charge in [-0.25, -0.2) is 0 Å². The van der Waals surface area contributed by atoms with Crippen LogP contribution in [-0.2, 0) is 19.2 Å². The van der Waals surface area contributed by atoms with Gasteiger partial charge in [0.15, 0.2) is 0 Å². The monoisotopic (exact) mass is 628 g/mol. The minimum absolute atomic E-state index is 0.159. The highest BCUT2D eigenvalue weighted by Gasteiger charge is 2.26. The first kappa shape index (κ1) is 42.3. The van der Waals surface area contributed by atoms with Gasteiger partial charge in [0.25, 0.3) is 5.91 Å². The van der Waals surface area contributed by atoms with Crippen molar-refractivity contribution in [2.75, 3.05) is 19.4 Å². The molecule has 246 valence electrons. The molecule has 12 heteroatoms. The lowest BCUT2D eigenvalue weighted by atomic mass is 9.87. The molecule has 2 amide bonds. The van der Waals surface area contributed by atoms with Crippen molar-refractivity contribution in [2.24, 2.45) is 5.41 Å². The maximum atomic E-state index is 12.2. The van der Waals surface area contributed by atoms with E-state index in [1.54, 1.807) is 19.1 Å². The summed E-state index contributed by atoms with van der Waals surface area (Å²) in [6.07, 6.45) is 6.08. The molecule has 0 spiro atoms. The van der Waals surface area contributed by atoms with E-state index in [4.69, 9.17) is 21.8 Å². The molecule has 0 heterocycles. The number of carboxylic acid groups (broad SMARTS) is 1. The molecule has 0 radical (unpaired) electrons. The van der Waals surface area contributed by atoms with E-state index in [1.807, 2.05) is 34.6 Å². The van der Waals surface area contributed by atoms with Crippen LogP contribution in [0.25, 0.3) is 0 Å². The van der Waals surface area contributed by atoms with Crippen molar-refractivity contribution in [3.05, 3.63) is 28.8 Å². The number of halogens is 1. The summed E-state index contributed by atoms with van der Waals surface area (Å²) in [6.45, 7) is 12.7. The maximum absolute atomic E-state index is 12.2. The second kappa shape index (κ2) is 22.6. The number of aldehydes is 2. The summed E-state index contributed by atoms with van der Waals surface area (Å²) in [5, 5.41) is 24.9. The third-order valence-corrected chi connectivity index (χ3v) is 6.56. The van der Waals surface area contributed by atoms with Gasteiger partial charge in [0.05, 0.1) is 29.2 Å². The highest BCUT2D eigenvalue weighted by atomic mass is 35.5. The Balaban J connectivity index is 0. The number of hydrogen-bond donors (Lipinski definition) is 5. The number of aliphatic carboxylic acids is 1. The molecule has 0 bridgehead atoms. The summed E-state index contributed by atoms with van der Waals surface area (Å²) in [4.78, 5) is 57.2. The van der Waals surface area contributed by atoms with Crippen LogP contribution in [0, 0.1) is 5.41 Å². The third-order valence-electron chi connectivity index (χ3n) is 6.25. The second-order valence-corrected chi connectivity index (χ2v) is 11.5. The zero-order valence-electron chi connectivity index (χ0n) is 27.2. The number of aliphatic hydroxyl groups excluding tert-OH is 1. The Morgan fingerprint density at radius 1 is 1.09 bits per heavy atom. The second-order valence-electron chi connectivity index (χ2n) is 11.1. The van der Waals surface area contributed by atoms with Gasteiger partial charge in [0, 0.05) is 18.0 Å². The summed E-state index contributed by atoms with van der Waals surface area (Å²) < 4.78 is 0. The minimum atomic E-state index is -1.07. The van der Waals surface area contributed by atoms with Gasteiger partial charge in [0.2, 0.25) is 5.91 Å². The predicted molar refractivity (Wildman–Crippen MR) is 171 cm³/mol. The summed E-state index contributed by atoms with van der Waals surface area (Å²) in [6, 6.07) is 4.07. The number of carbonyl (C=O) groups is 5. The standard InChI is InChI=1S/C16H21ClN2O3.C7H15N.C6H11NO4.C2H6/c1-5-14(21)18-12-7-6-10(8-11(12)17)15(22)19-13(9-20)16(2,3)4;1-8(2)7-5-3-4-6-7;1-4(9)7-5(3-8)2-6(10)11;1-2/h6-9,13H,5H2,1-4H3,(H,18,21)(H,19,22);7H,3-6H2,1-2H3;3-5,7,9H,2H2,1H3,(H,10,11);1-2H3/t;;4-,5-;/m..0./s1. The van der Waals surface area contributed by atoms with Gasteiger partial charge in [-0.3, -0.25) is 19.7 Å². The zero-order valence-corrected chi connectivity index (χ0v) is 28.0. The Morgan fingerprint density at radius 3 is 2.00 bits per heavy atom. The van der Waals surface area contributed by atoms with E-state index in [2.05, 4.69) is 34.9 Å². The molecule has 1 fully saturated rings. The lowest BCUT2D eigenvalue weighted by molar-refractivity contribution is -0.138. The Labute approximate surface area is 262 Å². The third kappa shape index (κ3) is 19.1. The molecule has 3 atom stereocenters.